The minimum Gasteiger partial charge on any atom is -0.457 e. The number of anilines is 3. The molecule has 0 saturated heterocycles. The van der Waals surface area contributed by atoms with E-state index in [2.05, 4.69) is 92.9 Å². The van der Waals surface area contributed by atoms with Gasteiger partial charge in [-0.3, -0.25) is 0 Å². The first-order valence-corrected chi connectivity index (χ1v) is 18.5. The Morgan fingerprint density at radius 2 is 1.81 bits per heavy atom. The quantitative estimate of drug-likeness (QED) is 0.0928. The van der Waals surface area contributed by atoms with Crippen molar-refractivity contribution in [2.24, 2.45) is 5.92 Å². The number of aryl methyl sites for hydroxylation is 2. The van der Waals surface area contributed by atoms with Crippen molar-refractivity contribution in [3.05, 3.63) is 77.4 Å². The van der Waals surface area contributed by atoms with Gasteiger partial charge in [0.15, 0.2) is 5.82 Å². The summed E-state index contributed by atoms with van der Waals surface area (Å²) >= 11 is 0.250. The molecule has 260 valence electrons. The maximum Gasteiger partial charge on any atom is 0.160 e. The van der Waals surface area contributed by atoms with Crippen LogP contribution in [-0.4, -0.2) is 34.3 Å². The van der Waals surface area contributed by atoms with Crippen molar-refractivity contribution in [3.63, 3.8) is 0 Å². The number of ether oxygens (including phenoxy) is 1. The summed E-state index contributed by atoms with van der Waals surface area (Å²) in [4.78, 5) is 16.9. The molecular weight excluding hydrogens is 606 g/mol. The fourth-order valence-electron chi connectivity index (χ4n) is 4.88. The number of nitrogens with zero attached hydrogens (tertiary/aromatic N) is 4. The fraction of sp³-hybridized carbons (Fsp3) is 0.513. The molecule has 0 amide bonds. The summed E-state index contributed by atoms with van der Waals surface area (Å²) in [7, 11) is 0. The molecule has 3 rings (SSSR count). The Bertz CT molecular complexity index is 1420. The third kappa shape index (κ3) is 14.1. The number of fused-ring (bicyclic) bond motifs is 1. The molecule has 3 aromatic rings. The van der Waals surface area contributed by atoms with Crippen LogP contribution in [0.3, 0.4) is 0 Å². The van der Waals surface area contributed by atoms with Crippen LogP contribution < -0.4 is 15.0 Å². The summed E-state index contributed by atoms with van der Waals surface area (Å²) in [5.41, 5.74) is 6.08. The molecular formula is C39H60FN5OS. The molecule has 0 aliphatic rings. The average molecular weight is 666 g/mol. The SMILES string of the molecule is CC.CSF.C\C=C(/C=C\C(C)=C\CC)Oc1ccc(Nc2ncnc3cc(CC)c(N(CCCCC)CC(C)CC)nc23)cc1C. The van der Waals surface area contributed by atoms with Crippen molar-refractivity contribution >= 4 is 40.5 Å². The number of rotatable bonds is 16. The number of pyridine rings is 1. The van der Waals surface area contributed by atoms with E-state index in [0.29, 0.717) is 11.7 Å². The molecule has 1 atom stereocenters. The van der Waals surface area contributed by atoms with Crippen LogP contribution in [0, 0.1) is 12.8 Å². The van der Waals surface area contributed by atoms with E-state index < -0.39 is 0 Å². The van der Waals surface area contributed by atoms with Crippen LogP contribution in [0.15, 0.2) is 66.2 Å². The highest BCUT2D eigenvalue weighted by atomic mass is 32.2. The lowest BCUT2D eigenvalue weighted by Crippen LogP contribution is -2.31. The standard InChI is InChI=1S/C36H51N5O.C2H6.CH3FS/c1-9-14-15-21-41(24-26(6)11-3)36-29(12-4)23-32-34(40-36)35(38-25-37-32)39-30-18-20-33(28(8)22-30)42-31(13-5)19-17-27(7)16-10-2;1-2;1-3-2/h13,16-20,22-23,25-26H,9-12,14-15,21,24H2,1-8H3,(H,37,38,39);1-2H3;1H3/b19-17-,27-16+,31-13+;;. The van der Waals surface area contributed by atoms with Gasteiger partial charge in [0, 0.05) is 37.2 Å². The number of halogens is 1. The van der Waals surface area contributed by atoms with Crippen molar-refractivity contribution in [1.29, 1.82) is 0 Å². The number of unbranched alkanes of at least 4 members (excludes halogenated alkanes) is 2. The highest BCUT2D eigenvalue weighted by Gasteiger charge is 2.18. The van der Waals surface area contributed by atoms with Gasteiger partial charge in [0.25, 0.3) is 0 Å². The lowest BCUT2D eigenvalue weighted by atomic mass is 10.1. The van der Waals surface area contributed by atoms with Crippen LogP contribution in [-0.2, 0) is 6.42 Å². The molecule has 1 unspecified atom stereocenters. The normalized spacial score (nSPS) is 12.3. The van der Waals surface area contributed by atoms with Gasteiger partial charge in [0.2, 0.25) is 0 Å². The van der Waals surface area contributed by atoms with Crippen molar-refractivity contribution < 1.29 is 8.62 Å². The molecule has 0 fully saturated rings. The molecule has 0 saturated carbocycles. The second kappa shape index (κ2) is 23.9. The van der Waals surface area contributed by atoms with E-state index in [4.69, 9.17) is 9.72 Å². The van der Waals surface area contributed by atoms with Gasteiger partial charge in [-0.25, -0.2) is 15.0 Å². The number of hydrogen-bond donors (Lipinski definition) is 1. The number of allylic oxidation sites excluding steroid dienone is 5. The van der Waals surface area contributed by atoms with Crippen molar-refractivity contribution in [2.45, 2.75) is 108 Å². The summed E-state index contributed by atoms with van der Waals surface area (Å²) in [5, 5.41) is 3.52. The molecule has 0 aliphatic heterocycles. The molecule has 1 aromatic carbocycles. The molecule has 2 heterocycles. The first-order valence-electron chi connectivity index (χ1n) is 17.4. The highest BCUT2D eigenvalue weighted by molar-refractivity contribution is 7.93. The van der Waals surface area contributed by atoms with Gasteiger partial charge >= 0.3 is 0 Å². The van der Waals surface area contributed by atoms with E-state index in [0.717, 1.165) is 72.0 Å². The minimum absolute atomic E-state index is 0.250. The van der Waals surface area contributed by atoms with Gasteiger partial charge in [-0.2, -0.15) is 3.89 Å². The van der Waals surface area contributed by atoms with Crippen LogP contribution in [0.1, 0.15) is 106 Å². The maximum absolute atomic E-state index is 10.2. The van der Waals surface area contributed by atoms with E-state index in [1.165, 1.54) is 36.7 Å². The Morgan fingerprint density at radius 1 is 1.09 bits per heavy atom. The molecule has 0 spiro atoms. The zero-order chi connectivity index (χ0) is 35.2. The predicted octanol–water partition coefficient (Wildman–Crippen LogP) is 12.1. The van der Waals surface area contributed by atoms with Crippen LogP contribution in [0.5, 0.6) is 5.75 Å². The lowest BCUT2D eigenvalue weighted by molar-refractivity contribution is 0.440. The second-order valence-corrected chi connectivity index (χ2v) is 11.6. The summed E-state index contributed by atoms with van der Waals surface area (Å²) in [6.07, 6.45) is 17.9. The van der Waals surface area contributed by atoms with E-state index in [1.54, 1.807) is 6.33 Å². The summed E-state index contributed by atoms with van der Waals surface area (Å²) < 4.78 is 16.4. The third-order valence-electron chi connectivity index (χ3n) is 7.59. The maximum atomic E-state index is 10.2. The zero-order valence-corrected chi connectivity index (χ0v) is 31.7. The summed E-state index contributed by atoms with van der Waals surface area (Å²) in [5.74, 6) is 4.01. The fourth-order valence-corrected chi connectivity index (χ4v) is 4.88. The molecule has 0 bridgehead atoms. The molecule has 0 aliphatic carbocycles. The lowest BCUT2D eigenvalue weighted by Gasteiger charge is -2.29. The van der Waals surface area contributed by atoms with E-state index in [-0.39, 0.29) is 12.1 Å². The van der Waals surface area contributed by atoms with Gasteiger partial charge in [-0.15, -0.1) is 0 Å². The average Bonchev–Trinajstić information content (AvgIpc) is 3.08. The van der Waals surface area contributed by atoms with Gasteiger partial charge < -0.3 is 15.0 Å². The Balaban J connectivity index is 0.00000208. The first kappa shape index (κ1) is 41.6. The Hall–Kier alpha value is -3.39. The largest absolute Gasteiger partial charge is 0.457 e. The number of aromatic nitrogens is 3. The zero-order valence-electron chi connectivity index (χ0n) is 30.9. The van der Waals surface area contributed by atoms with Gasteiger partial charge in [-0.1, -0.05) is 85.5 Å². The molecule has 47 heavy (non-hydrogen) atoms. The topological polar surface area (TPSA) is 63.2 Å². The molecule has 2 aromatic heterocycles. The van der Waals surface area contributed by atoms with Gasteiger partial charge in [-0.05, 0) is 93.5 Å². The first-order chi connectivity index (χ1) is 22.7. The Morgan fingerprint density at radius 3 is 2.40 bits per heavy atom. The van der Waals surface area contributed by atoms with Crippen molar-refractivity contribution in [2.75, 3.05) is 29.6 Å². The van der Waals surface area contributed by atoms with E-state index >= 15 is 0 Å². The summed E-state index contributed by atoms with van der Waals surface area (Å²) in [6, 6.07) is 8.31. The molecule has 6 nitrogen and oxygen atoms in total. The molecule has 1 N–H and O–H groups in total. The number of nitrogens with one attached hydrogen (secondary N) is 1. The number of benzene rings is 1. The monoisotopic (exact) mass is 665 g/mol. The van der Waals surface area contributed by atoms with E-state index in [9.17, 15) is 3.89 Å². The second-order valence-electron chi connectivity index (χ2n) is 11.3. The summed E-state index contributed by atoms with van der Waals surface area (Å²) in [6.45, 7) is 23.3. The molecule has 8 heteroatoms. The number of hydrogen-bond acceptors (Lipinski definition) is 7. The van der Waals surface area contributed by atoms with Crippen LogP contribution >= 0.6 is 12.1 Å². The minimum atomic E-state index is 0.250. The van der Waals surface area contributed by atoms with Crippen molar-refractivity contribution in [1.82, 2.24) is 15.0 Å². The van der Waals surface area contributed by atoms with Gasteiger partial charge in [0.05, 0.1) is 5.52 Å². The van der Waals surface area contributed by atoms with Crippen molar-refractivity contribution in [3.8, 4) is 5.75 Å². The molecule has 0 radical (unpaired) electrons. The van der Waals surface area contributed by atoms with Crippen LogP contribution in [0.4, 0.5) is 21.2 Å². The Labute approximate surface area is 289 Å². The van der Waals surface area contributed by atoms with Crippen LogP contribution in [0.2, 0.25) is 0 Å². The highest BCUT2D eigenvalue weighted by Crippen LogP contribution is 2.31. The Kier molecular flexibility index (Phi) is 21.1. The third-order valence-corrected chi connectivity index (χ3v) is 7.59. The predicted molar refractivity (Wildman–Crippen MR) is 206 cm³/mol. The van der Waals surface area contributed by atoms with Gasteiger partial charge in [0.1, 0.15) is 29.2 Å². The van der Waals surface area contributed by atoms with E-state index in [1.807, 2.05) is 45.1 Å². The smallest absolute Gasteiger partial charge is 0.160 e. The van der Waals surface area contributed by atoms with Crippen LogP contribution in [0.25, 0.3) is 11.0 Å².